The second-order valence-electron chi connectivity index (χ2n) is 4.80. The van der Waals surface area contributed by atoms with Crippen molar-refractivity contribution in [2.45, 2.75) is 40.2 Å². The van der Waals surface area contributed by atoms with E-state index in [4.69, 9.17) is 4.74 Å². The average molecular weight is 221 g/mol. The van der Waals surface area contributed by atoms with E-state index in [1.807, 2.05) is 26.0 Å². The minimum absolute atomic E-state index is 0.236. The molecule has 1 N–H and O–H groups in total. The molecule has 1 rings (SSSR count). The van der Waals surface area contributed by atoms with Gasteiger partial charge < -0.3 is 10.1 Å². The van der Waals surface area contributed by atoms with Gasteiger partial charge in [-0.05, 0) is 50.5 Å². The van der Waals surface area contributed by atoms with E-state index in [9.17, 15) is 0 Å². The fourth-order valence-electron chi connectivity index (χ4n) is 1.43. The Morgan fingerprint density at radius 2 is 1.69 bits per heavy atom. The molecule has 2 heteroatoms. The van der Waals surface area contributed by atoms with Crippen LogP contribution in [-0.4, -0.2) is 12.6 Å². The fourth-order valence-corrected chi connectivity index (χ4v) is 1.43. The second kappa shape index (κ2) is 6.41. The molecule has 0 bridgehead atoms. The standard InChI is InChI=1S/C14H23NO/c1-11(2)9-10-15-13-5-7-14(8-6-13)16-12(3)4/h5-8,11-12,15H,9-10H2,1-4H3. The van der Waals surface area contributed by atoms with Crippen LogP contribution in [0.15, 0.2) is 24.3 Å². The Morgan fingerprint density at radius 3 is 2.19 bits per heavy atom. The number of rotatable bonds is 6. The minimum Gasteiger partial charge on any atom is -0.491 e. The Labute approximate surface area is 99.0 Å². The molecule has 0 spiro atoms. The van der Waals surface area contributed by atoms with Crippen molar-refractivity contribution in [3.8, 4) is 5.75 Å². The van der Waals surface area contributed by atoms with Gasteiger partial charge in [0.15, 0.2) is 0 Å². The number of anilines is 1. The summed E-state index contributed by atoms with van der Waals surface area (Å²) < 4.78 is 5.58. The Kier molecular flexibility index (Phi) is 5.17. The first-order valence-electron chi connectivity index (χ1n) is 6.08. The summed E-state index contributed by atoms with van der Waals surface area (Å²) in [6.07, 6.45) is 1.43. The van der Waals surface area contributed by atoms with Crippen molar-refractivity contribution in [1.29, 1.82) is 0 Å². The second-order valence-corrected chi connectivity index (χ2v) is 4.80. The van der Waals surface area contributed by atoms with Crippen molar-refractivity contribution >= 4 is 5.69 Å². The minimum atomic E-state index is 0.236. The van der Waals surface area contributed by atoms with E-state index in [1.54, 1.807) is 0 Å². The van der Waals surface area contributed by atoms with E-state index in [0.717, 1.165) is 23.9 Å². The maximum atomic E-state index is 5.58. The molecule has 0 amide bonds. The van der Waals surface area contributed by atoms with Crippen LogP contribution >= 0.6 is 0 Å². The van der Waals surface area contributed by atoms with Gasteiger partial charge in [0.1, 0.15) is 5.75 Å². The van der Waals surface area contributed by atoms with Crippen molar-refractivity contribution in [3.63, 3.8) is 0 Å². The molecular formula is C14H23NO. The first-order valence-corrected chi connectivity index (χ1v) is 6.08. The largest absolute Gasteiger partial charge is 0.491 e. The molecular weight excluding hydrogens is 198 g/mol. The third-order valence-electron chi connectivity index (χ3n) is 2.28. The summed E-state index contributed by atoms with van der Waals surface area (Å²) in [7, 11) is 0. The number of hydrogen-bond acceptors (Lipinski definition) is 2. The maximum Gasteiger partial charge on any atom is 0.119 e. The van der Waals surface area contributed by atoms with Gasteiger partial charge in [0.2, 0.25) is 0 Å². The fraction of sp³-hybridized carbons (Fsp3) is 0.571. The molecule has 0 heterocycles. The molecule has 0 radical (unpaired) electrons. The predicted octanol–water partition coefficient (Wildman–Crippen LogP) is 3.93. The normalized spacial score (nSPS) is 10.9. The molecule has 16 heavy (non-hydrogen) atoms. The van der Waals surface area contributed by atoms with Crippen molar-refractivity contribution in [1.82, 2.24) is 0 Å². The highest BCUT2D eigenvalue weighted by atomic mass is 16.5. The Bertz CT molecular complexity index is 290. The van der Waals surface area contributed by atoms with Crippen LogP contribution in [0.1, 0.15) is 34.1 Å². The molecule has 2 nitrogen and oxygen atoms in total. The summed E-state index contributed by atoms with van der Waals surface area (Å²) in [5.41, 5.74) is 1.16. The van der Waals surface area contributed by atoms with Crippen molar-refractivity contribution in [2.75, 3.05) is 11.9 Å². The topological polar surface area (TPSA) is 21.3 Å². The monoisotopic (exact) mass is 221 g/mol. The van der Waals surface area contributed by atoms with E-state index >= 15 is 0 Å². The van der Waals surface area contributed by atoms with Crippen LogP contribution in [0.4, 0.5) is 5.69 Å². The molecule has 0 fully saturated rings. The molecule has 0 aliphatic heterocycles. The van der Waals surface area contributed by atoms with Gasteiger partial charge in [-0.25, -0.2) is 0 Å². The molecule has 1 aromatic rings. The summed E-state index contributed by atoms with van der Waals surface area (Å²) in [5.74, 6) is 1.68. The van der Waals surface area contributed by atoms with Crippen LogP contribution in [0, 0.1) is 5.92 Å². The van der Waals surface area contributed by atoms with Gasteiger partial charge in [-0.15, -0.1) is 0 Å². The Morgan fingerprint density at radius 1 is 1.06 bits per heavy atom. The van der Waals surface area contributed by atoms with E-state index in [2.05, 4.69) is 31.3 Å². The first kappa shape index (κ1) is 12.9. The maximum absolute atomic E-state index is 5.58. The smallest absolute Gasteiger partial charge is 0.119 e. The molecule has 0 saturated heterocycles. The van der Waals surface area contributed by atoms with Gasteiger partial charge in [0.25, 0.3) is 0 Å². The molecule has 90 valence electrons. The molecule has 0 saturated carbocycles. The van der Waals surface area contributed by atoms with Crippen LogP contribution in [0.25, 0.3) is 0 Å². The summed E-state index contributed by atoms with van der Waals surface area (Å²) in [6, 6.07) is 8.16. The lowest BCUT2D eigenvalue weighted by Gasteiger charge is -2.11. The zero-order valence-corrected chi connectivity index (χ0v) is 10.8. The van der Waals surface area contributed by atoms with Gasteiger partial charge in [0.05, 0.1) is 6.10 Å². The van der Waals surface area contributed by atoms with Gasteiger partial charge in [-0.3, -0.25) is 0 Å². The highest BCUT2D eigenvalue weighted by molar-refractivity contribution is 5.46. The Hall–Kier alpha value is -1.18. The third-order valence-corrected chi connectivity index (χ3v) is 2.28. The Balaban J connectivity index is 2.39. The summed E-state index contributed by atoms with van der Waals surface area (Å²) >= 11 is 0. The van der Waals surface area contributed by atoms with Crippen LogP contribution in [0.5, 0.6) is 5.75 Å². The molecule has 0 aromatic heterocycles. The molecule has 0 atom stereocenters. The number of hydrogen-bond donors (Lipinski definition) is 1. The number of nitrogens with one attached hydrogen (secondary N) is 1. The summed E-state index contributed by atoms with van der Waals surface area (Å²) in [5, 5.41) is 3.40. The molecule has 0 aliphatic rings. The lowest BCUT2D eigenvalue weighted by atomic mass is 10.1. The third kappa shape index (κ3) is 5.06. The highest BCUT2D eigenvalue weighted by Gasteiger charge is 1.98. The highest BCUT2D eigenvalue weighted by Crippen LogP contribution is 2.17. The summed E-state index contributed by atoms with van der Waals surface area (Å²) in [4.78, 5) is 0. The van der Waals surface area contributed by atoms with Gasteiger partial charge in [0, 0.05) is 12.2 Å². The zero-order valence-electron chi connectivity index (χ0n) is 10.8. The van der Waals surface area contributed by atoms with Crippen molar-refractivity contribution in [2.24, 2.45) is 5.92 Å². The van der Waals surface area contributed by atoms with Crippen molar-refractivity contribution in [3.05, 3.63) is 24.3 Å². The van der Waals surface area contributed by atoms with E-state index in [0.29, 0.717) is 0 Å². The van der Waals surface area contributed by atoms with E-state index in [1.165, 1.54) is 6.42 Å². The van der Waals surface area contributed by atoms with Crippen LogP contribution in [-0.2, 0) is 0 Å². The van der Waals surface area contributed by atoms with Crippen molar-refractivity contribution < 1.29 is 4.74 Å². The van der Waals surface area contributed by atoms with E-state index in [-0.39, 0.29) is 6.10 Å². The predicted molar refractivity (Wildman–Crippen MR) is 70.2 cm³/mol. The number of benzene rings is 1. The molecule has 1 aromatic carbocycles. The molecule has 0 unspecified atom stereocenters. The summed E-state index contributed by atoms with van der Waals surface area (Å²) in [6.45, 7) is 9.58. The van der Waals surface area contributed by atoms with Gasteiger partial charge >= 0.3 is 0 Å². The average Bonchev–Trinajstić information content (AvgIpc) is 2.19. The van der Waals surface area contributed by atoms with Crippen LogP contribution in [0.3, 0.4) is 0 Å². The van der Waals surface area contributed by atoms with Gasteiger partial charge in [-0.1, -0.05) is 13.8 Å². The number of ether oxygens (including phenoxy) is 1. The van der Waals surface area contributed by atoms with Crippen LogP contribution < -0.4 is 10.1 Å². The van der Waals surface area contributed by atoms with Gasteiger partial charge in [-0.2, -0.15) is 0 Å². The SMILES string of the molecule is CC(C)CCNc1ccc(OC(C)C)cc1. The lowest BCUT2D eigenvalue weighted by Crippen LogP contribution is -2.06. The van der Waals surface area contributed by atoms with Crippen LogP contribution in [0.2, 0.25) is 0 Å². The first-order chi connectivity index (χ1) is 7.58. The zero-order chi connectivity index (χ0) is 12.0. The molecule has 0 aliphatic carbocycles. The lowest BCUT2D eigenvalue weighted by molar-refractivity contribution is 0.242. The van der Waals surface area contributed by atoms with E-state index < -0.39 is 0 Å². The quantitative estimate of drug-likeness (QED) is 0.785.